The lowest BCUT2D eigenvalue weighted by molar-refractivity contribution is -0.142. The Bertz CT molecular complexity index is 2000. The minimum absolute atomic E-state index is 0.0369. The van der Waals surface area contributed by atoms with Gasteiger partial charge in [0.2, 0.25) is 0 Å². The van der Waals surface area contributed by atoms with E-state index < -0.39 is 57.5 Å². The van der Waals surface area contributed by atoms with E-state index in [-0.39, 0.29) is 44.9 Å². The number of hydrogen-bond acceptors (Lipinski definition) is 10. The van der Waals surface area contributed by atoms with Gasteiger partial charge in [0.15, 0.2) is 34.1 Å². The molecule has 0 bridgehead atoms. The SMILES string of the molecule is Cc1cc2c(C(C)C)c(O)c(O)c(C=NC(C)(C)C(=O)O)c2c(O)c1-c1c(C)cc2c(C(C)C)c(O)c(O)c(C=NC(C)(C)C(=O)O)c2c1O. The number of fused-ring (bicyclic) bond motifs is 2. The van der Waals surface area contributed by atoms with Crippen LogP contribution in [0.1, 0.15) is 101 Å². The van der Waals surface area contributed by atoms with Crippen LogP contribution in [0.3, 0.4) is 0 Å². The third-order valence-corrected chi connectivity index (χ3v) is 9.07. The van der Waals surface area contributed by atoms with Gasteiger partial charge in [-0.05, 0) is 75.3 Å². The van der Waals surface area contributed by atoms with Crippen molar-refractivity contribution in [1.82, 2.24) is 0 Å². The van der Waals surface area contributed by atoms with Crippen molar-refractivity contribution in [3.05, 3.63) is 45.5 Å². The van der Waals surface area contributed by atoms with Crippen molar-refractivity contribution >= 4 is 45.9 Å². The van der Waals surface area contributed by atoms with Crippen molar-refractivity contribution in [2.45, 2.75) is 92.2 Å². The highest BCUT2D eigenvalue weighted by atomic mass is 16.4. The maximum Gasteiger partial charge on any atom is 0.330 e. The summed E-state index contributed by atoms with van der Waals surface area (Å²) in [5.41, 5.74) is -1.79. The number of nitrogens with zero attached hydrogens (tertiary/aromatic N) is 2. The monoisotopic (exact) mass is 688 g/mol. The van der Waals surface area contributed by atoms with Crippen molar-refractivity contribution < 1.29 is 50.4 Å². The van der Waals surface area contributed by atoms with E-state index in [9.17, 15) is 50.4 Å². The molecule has 266 valence electrons. The molecule has 50 heavy (non-hydrogen) atoms. The summed E-state index contributed by atoms with van der Waals surface area (Å²) in [6.07, 6.45) is 2.16. The van der Waals surface area contributed by atoms with Crippen LogP contribution in [0.25, 0.3) is 32.7 Å². The summed E-state index contributed by atoms with van der Waals surface area (Å²) in [4.78, 5) is 31.9. The largest absolute Gasteiger partial charge is 0.507 e. The molecule has 0 fully saturated rings. The molecule has 0 amide bonds. The molecule has 0 aliphatic carbocycles. The molecule has 0 atom stereocenters. The van der Waals surface area contributed by atoms with Crippen molar-refractivity contribution in [3.63, 3.8) is 0 Å². The number of aromatic hydroxyl groups is 6. The van der Waals surface area contributed by atoms with Crippen LogP contribution in [-0.2, 0) is 9.59 Å². The highest BCUT2D eigenvalue weighted by Crippen LogP contribution is 2.54. The summed E-state index contributed by atoms with van der Waals surface area (Å²) in [6, 6.07) is 3.35. The Hall–Kier alpha value is -5.52. The standard InChI is InChI=1S/C38H44N2O10/c1-15(2)23-19-11-17(5)25(31(43)27(19)21(29(41)33(23)45)13-39-37(7,8)35(47)48)26-18(6)12-20-24(16(3)4)34(46)30(42)22(28(20)32(26)44)14-40-38(9,10)36(49)50/h11-16,41-46H,1-10H3,(H,47,48)(H,49,50). The van der Waals surface area contributed by atoms with Crippen LogP contribution < -0.4 is 0 Å². The first-order valence-corrected chi connectivity index (χ1v) is 16.0. The summed E-state index contributed by atoms with van der Waals surface area (Å²) in [6.45, 7) is 15.9. The topological polar surface area (TPSA) is 221 Å². The molecule has 0 aliphatic heterocycles. The van der Waals surface area contributed by atoms with Gasteiger partial charge >= 0.3 is 11.9 Å². The second-order valence-electron chi connectivity index (χ2n) is 14.3. The van der Waals surface area contributed by atoms with Gasteiger partial charge in [0.1, 0.15) is 11.5 Å². The molecular formula is C38H44N2O10. The Morgan fingerprint density at radius 2 is 0.880 bits per heavy atom. The summed E-state index contributed by atoms with van der Waals surface area (Å²) in [5, 5.41) is 89.1. The van der Waals surface area contributed by atoms with Crippen molar-refractivity contribution in [1.29, 1.82) is 0 Å². The van der Waals surface area contributed by atoms with Gasteiger partial charge in [-0.3, -0.25) is 9.98 Å². The van der Waals surface area contributed by atoms with Crippen LogP contribution in [0.4, 0.5) is 0 Å². The number of benzene rings is 4. The van der Waals surface area contributed by atoms with Crippen LogP contribution in [0.2, 0.25) is 0 Å². The molecule has 0 heterocycles. The highest BCUT2D eigenvalue weighted by Gasteiger charge is 2.31. The van der Waals surface area contributed by atoms with Crippen LogP contribution in [-0.4, -0.2) is 76.3 Å². The number of carboxylic acid groups (broad SMARTS) is 2. The molecule has 4 aromatic carbocycles. The predicted octanol–water partition coefficient (Wildman–Crippen LogP) is 7.32. The molecule has 4 aromatic rings. The molecular weight excluding hydrogens is 644 g/mol. The van der Waals surface area contributed by atoms with Crippen LogP contribution in [0.15, 0.2) is 22.1 Å². The zero-order chi connectivity index (χ0) is 37.9. The van der Waals surface area contributed by atoms with Gasteiger partial charge in [-0.2, -0.15) is 0 Å². The minimum Gasteiger partial charge on any atom is -0.507 e. The Morgan fingerprint density at radius 1 is 0.580 bits per heavy atom. The second kappa shape index (κ2) is 12.7. The van der Waals surface area contributed by atoms with Crippen LogP contribution >= 0.6 is 0 Å². The van der Waals surface area contributed by atoms with E-state index in [0.717, 1.165) is 12.4 Å². The predicted molar refractivity (Wildman–Crippen MR) is 193 cm³/mol. The number of rotatable bonds is 9. The Morgan fingerprint density at radius 3 is 1.14 bits per heavy atom. The molecule has 0 unspecified atom stereocenters. The first-order chi connectivity index (χ1) is 23.0. The number of aliphatic carboxylic acids is 2. The number of hydrogen-bond donors (Lipinski definition) is 8. The lowest BCUT2D eigenvalue weighted by atomic mass is 9.83. The minimum atomic E-state index is -1.63. The molecule has 0 saturated carbocycles. The van der Waals surface area contributed by atoms with Gasteiger partial charge in [0, 0.05) is 56.6 Å². The zero-order valence-electron chi connectivity index (χ0n) is 29.8. The van der Waals surface area contributed by atoms with Gasteiger partial charge in [-0.1, -0.05) is 39.8 Å². The average molecular weight is 689 g/mol. The Balaban J connectivity index is 2.27. The van der Waals surface area contributed by atoms with Gasteiger partial charge in [-0.15, -0.1) is 0 Å². The van der Waals surface area contributed by atoms with E-state index in [1.54, 1.807) is 53.7 Å². The van der Waals surface area contributed by atoms with Gasteiger partial charge in [0.25, 0.3) is 0 Å². The molecule has 12 heteroatoms. The van der Waals surface area contributed by atoms with Crippen molar-refractivity contribution in [2.75, 3.05) is 0 Å². The maximum absolute atomic E-state index is 12.2. The number of phenols is 6. The lowest BCUT2D eigenvalue weighted by Crippen LogP contribution is -2.29. The Labute approximate surface area is 289 Å². The number of carbonyl (C=O) groups is 2. The average Bonchev–Trinajstić information content (AvgIpc) is 2.99. The summed E-state index contributed by atoms with van der Waals surface area (Å²) in [7, 11) is 0. The number of aryl methyl sites for hydroxylation is 2. The van der Waals surface area contributed by atoms with Gasteiger partial charge < -0.3 is 40.9 Å². The molecule has 0 aromatic heterocycles. The van der Waals surface area contributed by atoms with Crippen LogP contribution in [0, 0.1) is 13.8 Å². The number of aliphatic imine (C=N–C) groups is 2. The summed E-state index contributed by atoms with van der Waals surface area (Å²) >= 11 is 0. The Kier molecular flexibility index (Phi) is 9.50. The molecule has 4 rings (SSSR count). The fourth-order valence-electron chi connectivity index (χ4n) is 6.19. The summed E-state index contributed by atoms with van der Waals surface area (Å²) < 4.78 is 0. The normalized spacial score (nSPS) is 12.8. The molecule has 0 saturated heterocycles. The molecule has 8 N–H and O–H groups in total. The third-order valence-electron chi connectivity index (χ3n) is 9.07. The van der Waals surface area contributed by atoms with E-state index in [1.807, 2.05) is 0 Å². The fraction of sp³-hybridized carbons (Fsp3) is 0.368. The van der Waals surface area contributed by atoms with E-state index in [4.69, 9.17) is 0 Å². The number of carboxylic acids is 2. The lowest BCUT2D eigenvalue weighted by Gasteiger charge is -2.24. The quantitative estimate of drug-likeness (QED) is 0.0646. The smallest absolute Gasteiger partial charge is 0.330 e. The fourth-order valence-corrected chi connectivity index (χ4v) is 6.19. The van der Waals surface area contributed by atoms with E-state index >= 15 is 0 Å². The third kappa shape index (κ3) is 5.99. The number of phenolic OH excluding ortho intramolecular Hbond substituents is 6. The first kappa shape index (κ1) is 37.3. The molecule has 0 radical (unpaired) electrons. The first-order valence-electron chi connectivity index (χ1n) is 16.0. The summed E-state index contributed by atoms with van der Waals surface area (Å²) in [5.74, 6) is -6.18. The van der Waals surface area contributed by atoms with E-state index in [1.165, 1.54) is 27.7 Å². The molecule has 0 spiro atoms. The maximum atomic E-state index is 12.2. The van der Waals surface area contributed by atoms with E-state index in [0.29, 0.717) is 33.0 Å². The molecule has 12 nitrogen and oxygen atoms in total. The van der Waals surface area contributed by atoms with Gasteiger partial charge in [0.05, 0.1) is 0 Å². The second-order valence-corrected chi connectivity index (χ2v) is 14.3. The van der Waals surface area contributed by atoms with Gasteiger partial charge in [-0.25, -0.2) is 9.59 Å². The zero-order valence-corrected chi connectivity index (χ0v) is 29.8. The van der Waals surface area contributed by atoms with E-state index in [2.05, 4.69) is 9.98 Å². The molecule has 0 aliphatic rings. The van der Waals surface area contributed by atoms with Crippen LogP contribution in [0.5, 0.6) is 34.5 Å². The van der Waals surface area contributed by atoms with Crippen molar-refractivity contribution in [2.24, 2.45) is 9.98 Å². The highest BCUT2D eigenvalue weighted by molar-refractivity contribution is 6.15. The van der Waals surface area contributed by atoms with Crippen molar-refractivity contribution in [3.8, 4) is 45.6 Å².